The van der Waals surface area contributed by atoms with Crippen LogP contribution in [-0.2, 0) is 20.0 Å². The fourth-order valence-corrected chi connectivity index (χ4v) is 5.12. The number of non-ortho nitro benzene ring substituents is 1. The molecule has 0 fully saturated rings. The quantitative estimate of drug-likeness (QED) is 0.406. The maximum absolute atomic E-state index is 12.7. The fourth-order valence-electron chi connectivity index (χ4n) is 2.74. The molecule has 0 amide bonds. The molecule has 11 heteroatoms. The Morgan fingerprint density at radius 3 is 1.81 bits per heavy atom. The SMILES string of the molecule is Cc1ccc(NS(=O)(=O)c2ccc(NS(=O)(=O)c3cc([N+](=O)[O-])ccc3C)cc2)cc1. The van der Waals surface area contributed by atoms with Crippen molar-refractivity contribution in [2.45, 2.75) is 23.6 Å². The molecule has 0 unspecified atom stereocenters. The van der Waals surface area contributed by atoms with Crippen molar-refractivity contribution in [2.24, 2.45) is 0 Å². The van der Waals surface area contributed by atoms with Crippen molar-refractivity contribution in [1.29, 1.82) is 0 Å². The normalized spacial score (nSPS) is 11.7. The average molecular weight is 462 g/mol. The lowest BCUT2D eigenvalue weighted by Gasteiger charge is -2.12. The number of hydrogen-bond acceptors (Lipinski definition) is 6. The predicted octanol–water partition coefficient (Wildman–Crippen LogP) is 3.81. The first-order valence-corrected chi connectivity index (χ1v) is 11.9. The van der Waals surface area contributed by atoms with Crippen LogP contribution >= 0.6 is 0 Å². The highest BCUT2D eigenvalue weighted by atomic mass is 32.2. The number of nitro groups is 1. The lowest BCUT2D eigenvalue weighted by Crippen LogP contribution is -2.15. The molecule has 3 aromatic rings. The zero-order valence-corrected chi connectivity index (χ0v) is 18.2. The maximum Gasteiger partial charge on any atom is 0.270 e. The van der Waals surface area contributed by atoms with Crippen molar-refractivity contribution in [3.63, 3.8) is 0 Å². The monoisotopic (exact) mass is 461 g/mol. The number of sulfonamides is 2. The van der Waals surface area contributed by atoms with Crippen LogP contribution < -0.4 is 9.44 Å². The molecule has 0 aliphatic carbocycles. The number of rotatable bonds is 7. The Labute approximate surface area is 180 Å². The molecule has 0 saturated heterocycles. The topological polar surface area (TPSA) is 135 Å². The standard InChI is InChI=1S/C20H19N3O6S2/c1-14-3-6-16(7-4-14)21-30(26,27)19-11-8-17(9-12-19)22-31(28,29)20-13-18(23(24)25)10-5-15(20)2/h3-13,21-22H,1-2H3. The molecular weight excluding hydrogens is 442 g/mol. The summed E-state index contributed by atoms with van der Waals surface area (Å²) in [6, 6.07) is 15.5. The number of nitro benzene ring substituents is 1. The van der Waals surface area contributed by atoms with Gasteiger partial charge in [0.25, 0.3) is 25.7 Å². The third-order valence-electron chi connectivity index (χ3n) is 4.39. The smallest absolute Gasteiger partial charge is 0.270 e. The van der Waals surface area contributed by atoms with Crippen molar-refractivity contribution in [3.8, 4) is 0 Å². The van der Waals surface area contributed by atoms with Gasteiger partial charge in [-0.1, -0.05) is 23.8 Å². The summed E-state index contributed by atoms with van der Waals surface area (Å²) >= 11 is 0. The molecular formula is C20H19N3O6S2. The van der Waals surface area contributed by atoms with E-state index >= 15 is 0 Å². The van der Waals surface area contributed by atoms with Gasteiger partial charge in [-0.3, -0.25) is 19.6 Å². The Morgan fingerprint density at radius 2 is 1.26 bits per heavy atom. The van der Waals surface area contributed by atoms with Crippen molar-refractivity contribution in [2.75, 3.05) is 9.44 Å². The van der Waals surface area contributed by atoms with Gasteiger partial charge in [0.1, 0.15) is 0 Å². The van der Waals surface area contributed by atoms with Crippen molar-refractivity contribution < 1.29 is 21.8 Å². The Morgan fingerprint density at radius 1 is 0.742 bits per heavy atom. The van der Waals surface area contributed by atoms with E-state index in [-0.39, 0.29) is 21.2 Å². The van der Waals surface area contributed by atoms with E-state index in [0.717, 1.165) is 11.6 Å². The summed E-state index contributed by atoms with van der Waals surface area (Å²) in [5.74, 6) is 0. The lowest BCUT2D eigenvalue weighted by molar-refractivity contribution is -0.385. The van der Waals surface area contributed by atoms with Crippen LogP contribution in [-0.4, -0.2) is 21.8 Å². The Kier molecular flexibility index (Phi) is 6.00. The van der Waals surface area contributed by atoms with Crippen molar-refractivity contribution in [1.82, 2.24) is 0 Å². The van der Waals surface area contributed by atoms with Gasteiger partial charge in [-0.25, -0.2) is 16.8 Å². The van der Waals surface area contributed by atoms with Crippen LogP contribution in [0.3, 0.4) is 0 Å². The van der Waals surface area contributed by atoms with E-state index in [4.69, 9.17) is 0 Å². The van der Waals surface area contributed by atoms with E-state index in [2.05, 4.69) is 9.44 Å². The summed E-state index contributed by atoms with van der Waals surface area (Å²) in [7, 11) is -7.98. The Balaban J connectivity index is 1.82. The Bertz CT molecular complexity index is 1330. The number of hydrogen-bond donors (Lipinski definition) is 2. The van der Waals surface area contributed by atoms with E-state index in [0.29, 0.717) is 11.3 Å². The maximum atomic E-state index is 12.7. The molecule has 0 spiro atoms. The minimum atomic E-state index is -4.12. The van der Waals surface area contributed by atoms with Gasteiger partial charge in [0, 0.05) is 23.5 Å². The molecule has 2 N–H and O–H groups in total. The second-order valence-electron chi connectivity index (χ2n) is 6.81. The largest absolute Gasteiger partial charge is 0.280 e. The molecule has 0 radical (unpaired) electrons. The van der Waals surface area contributed by atoms with Crippen LogP contribution in [0.2, 0.25) is 0 Å². The number of aryl methyl sites for hydroxylation is 2. The highest BCUT2D eigenvalue weighted by molar-refractivity contribution is 7.93. The second kappa shape index (κ2) is 8.36. The number of anilines is 2. The van der Waals surface area contributed by atoms with Crippen molar-refractivity contribution >= 4 is 37.1 Å². The first kappa shape index (κ1) is 22.2. The zero-order valence-electron chi connectivity index (χ0n) is 16.6. The summed E-state index contributed by atoms with van der Waals surface area (Å²) in [4.78, 5) is 9.99. The van der Waals surface area contributed by atoms with Gasteiger partial charge in [-0.05, 0) is 55.8 Å². The van der Waals surface area contributed by atoms with E-state index < -0.39 is 25.0 Å². The first-order valence-electron chi connectivity index (χ1n) is 8.95. The Hall–Kier alpha value is -3.44. The lowest BCUT2D eigenvalue weighted by atomic mass is 10.2. The highest BCUT2D eigenvalue weighted by Gasteiger charge is 2.21. The van der Waals surface area contributed by atoms with Gasteiger partial charge >= 0.3 is 0 Å². The molecule has 162 valence electrons. The summed E-state index contributed by atoms with van der Waals surface area (Å²) < 4.78 is 55.2. The molecule has 0 atom stereocenters. The van der Waals surface area contributed by atoms with Gasteiger partial charge < -0.3 is 0 Å². The highest BCUT2D eigenvalue weighted by Crippen LogP contribution is 2.25. The first-order chi connectivity index (χ1) is 14.5. The average Bonchev–Trinajstić information content (AvgIpc) is 2.69. The van der Waals surface area contributed by atoms with Gasteiger partial charge in [0.15, 0.2) is 0 Å². The number of benzene rings is 3. The van der Waals surface area contributed by atoms with E-state index in [1.165, 1.54) is 43.3 Å². The van der Waals surface area contributed by atoms with Crippen LogP contribution in [0.4, 0.5) is 17.1 Å². The second-order valence-corrected chi connectivity index (χ2v) is 10.1. The van der Waals surface area contributed by atoms with Gasteiger partial charge in [-0.2, -0.15) is 0 Å². The van der Waals surface area contributed by atoms with Gasteiger partial charge in [-0.15, -0.1) is 0 Å². The van der Waals surface area contributed by atoms with Gasteiger partial charge in [0.05, 0.1) is 14.7 Å². The minimum absolute atomic E-state index is 0.0532. The summed E-state index contributed by atoms with van der Waals surface area (Å²) in [5, 5.41) is 11.0. The van der Waals surface area contributed by atoms with Crippen LogP contribution in [0.25, 0.3) is 0 Å². The molecule has 0 bridgehead atoms. The number of nitrogens with one attached hydrogen (secondary N) is 2. The van der Waals surface area contributed by atoms with Crippen LogP contribution in [0.1, 0.15) is 11.1 Å². The van der Waals surface area contributed by atoms with E-state index in [9.17, 15) is 26.9 Å². The van der Waals surface area contributed by atoms with Crippen LogP contribution in [0, 0.1) is 24.0 Å². The summed E-state index contributed by atoms with van der Waals surface area (Å²) in [5.41, 5.74) is 1.48. The fraction of sp³-hybridized carbons (Fsp3) is 0.100. The molecule has 3 aromatic carbocycles. The molecule has 31 heavy (non-hydrogen) atoms. The molecule has 0 heterocycles. The molecule has 9 nitrogen and oxygen atoms in total. The minimum Gasteiger partial charge on any atom is -0.280 e. The van der Waals surface area contributed by atoms with E-state index in [1.54, 1.807) is 24.3 Å². The summed E-state index contributed by atoms with van der Waals surface area (Å²) in [6.45, 7) is 3.40. The third kappa shape index (κ3) is 5.19. The van der Waals surface area contributed by atoms with Crippen molar-refractivity contribution in [3.05, 3.63) is 88.0 Å². The van der Waals surface area contributed by atoms with Crippen LogP contribution in [0.5, 0.6) is 0 Å². The molecule has 0 aliphatic rings. The van der Waals surface area contributed by atoms with Gasteiger partial charge in [0.2, 0.25) is 0 Å². The third-order valence-corrected chi connectivity index (χ3v) is 7.31. The molecule has 0 aliphatic heterocycles. The van der Waals surface area contributed by atoms with E-state index in [1.807, 2.05) is 6.92 Å². The summed E-state index contributed by atoms with van der Waals surface area (Å²) in [6.07, 6.45) is 0. The molecule has 0 saturated carbocycles. The zero-order chi connectivity index (χ0) is 22.8. The molecule has 0 aromatic heterocycles. The predicted molar refractivity (Wildman–Crippen MR) is 117 cm³/mol. The number of nitrogens with zero attached hydrogens (tertiary/aromatic N) is 1. The van der Waals surface area contributed by atoms with Crippen LogP contribution in [0.15, 0.2) is 76.5 Å². The molecule has 3 rings (SSSR count).